The topological polar surface area (TPSA) is 107 Å². The molecule has 0 aliphatic carbocycles. The van der Waals surface area contributed by atoms with Crippen molar-refractivity contribution in [2.24, 2.45) is 29.1 Å². The fraction of sp³-hybridized carbons (Fsp3) is 0.906. The number of ketones is 2. The van der Waals surface area contributed by atoms with Gasteiger partial charge >= 0.3 is 5.97 Å². The third kappa shape index (κ3) is 6.79. The molecular weight excluding hydrogens is 538 g/mol. The summed E-state index contributed by atoms with van der Waals surface area (Å²) in [6.07, 6.45) is -1.12. The van der Waals surface area contributed by atoms with Crippen LogP contribution in [-0.2, 0) is 33.3 Å². The van der Waals surface area contributed by atoms with Crippen molar-refractivity contribution >= 4 is 17.5 Å². The highest BCUT2D eigenvalue weighted by Crippen LogP contribution is 2.42. The average molecular weight is 596 g/mol. The van der Waals surface area contributed by atoms with Crippen LogP contribution >= 0.6 is 0 Å². The summed E-state index contributed by atoms with van der Waals surface area (Å²) in [6, 6.07) is -0.139. The number of hydrogen-bond acceptors (Lipinski definition) is 10. The first-order valence-corrected chi connectivity index (χ1v) is 15.6. The highest BCUT2D eigenvalue weighted by atomic mass is 16.7. The maximum Gasteiger partial charge on any atom is 0.316 e. The molecule has 0 spiro atoms. The molecule has 10 heteroatoms. The lowest BCUT2D eigenvalue weighted by molar-refractivity contribution is -0.289. The number of nitrogens with one attached hydrogen (secondary N) is 1. The number of likely N-dealkylation sites (N-methyl/N-ethyl adjacent to an activating group) is 2. The molecule has 3 fully saturated rings. The fourth-order valence-corrected chi connectivity index (χ4v) is 7.93. The van der Waals surface area contributed by atoms with Gasteiger partial charge in [0.25, 0.3) is 0 Å². The van der Waals surface area contributed by atoms with Gasteiger partial charge in [-0.1, -0.05) is 34.6 Å². The van der Waals surface area contributed by atoms with Gasteiger partial charge in [0.15, 0.2) is 12.1 Å². The van der Waals surface area contributed by atoms with Crippen LogP contribution in [0.1, 0.15) is 75.2 Å². The van der Waals surface area contributed by atoms with Gasteiger partial charge in [0.05, 0.1) is 17.7 Å². The summed E-state index contributed by atoms with van der Waals surface area (Å²) in [5.41, 5.74) is -1.28. The minimum atomic E-state index is -0.983. The first kappa shape index (κ1) is 35.1. The number of ether oxygens (including phenoxy) is 4. The van der Waals surface area contributed by atoms with Gasteiger partial charge in [-0.15, -0.1) is 0 Å². The molecule has 3 saturated heterocycles. The van der Waals surface area contributed by atoms with Gasteiger partial charge in [0.1, 0.15) is 23.9 Å². The number of hydrogen-bond donors (Lipinski definition) is 1. The molecule has 3 heterocycles. The molecule has 12 atom stereocenters. The van der Waals surface area contributed by atoms with Gasteiger partial charge in [-0.05, 0) is 67.1 Å². The number of fused-ring (bicyclic) bond motifs is 1. The van der Waals surface area contributed by atoms with Crippen LogP contribution in [0.4, 0.5) is 0 Å². The zero-order valence-corrected chi connectivity index (χ0v) is 28.2. The van der Waals surface area contributed by atoms with Crippen molar-refractivity contribution in [1.29, 1.82) is 0 Å². The molecule has 3 rings (SSSR count). The largest absolute Gasteiger partial charge is 0.460 e. The molecular formula is C32H57N3O7. The normalized spacial score (nSPS) is 44.5. The number of carbonyl (C=O) groups excluding carboxylic acids is 3. The Hall–Kier alpha value is -1.43. The van der Waals surface area contributed by atoms with Gasteiger partial charge in [-0.3, -0.25) is 24.6 Å². The van der Waals surface area contributed by atoms with E-state index in [9.17, 15) is 14.4 Å². The molecule has 0 bridgehead atoms. The maximum absolute atomic E-state index is 14.0. The third-order valence-corrected chi connectivity index (χ3v) is 10.4. The highest BCUT2D eigenvalue weighted by Gasteiger charge is 2.53. The summed E-state index contributed by atoms with van der Waals surface area (Å²) < 4.78 is 25.0. The first-order valence-electron chi connectivity index (χ1n) is 15.6. The van der Waals surface area contributed by atoms with E-state index in [1.165, 1.54) is 0 Å². The van der Waals surface area contributed by atoms with E-state index in [-0.39, 0.29) is 47.7 Å². The number of nitrogens with zero attached hydrogens (tertiary/aromatic N) is 2. The van der Waals surface area contributed by atoms with Gasteiger partial charge in [-0.2, -0.15) is 0 Å². The van der Waals surface area contributed by atoms with Gasteiger partial charge in [0, 0.05) is 43.6 Å². The number of esters is 1. The third-order valence-electron chi connectivity index (χ3n) is 10.4. The summed E-state index contributed by atoms with van der Waals surface area (Å²) >= 11 is 0. The molecule has 0 aromatic carbocycles. The van der Waals surface area contributed by atoms with E-state index in [0.29, 0.717) is 13.1 Å². The lowest BCUT2D eigenvalue weighted by Gasteiger charge is -2.47. The standard InChI is InChI=1S/C32H57N3O7/c1-17-15-31(7,8)28(42-30-26(39-13)23(34(10)11)14-18(2)40-30)20(4)25(37)21(5)29(38)41-22(6)32(9)27(19(3)24(17)36)35(12)16-33-32/h17-23,26-28,30,33H,14-16H2,1-13H3/t17?,18-,19?,20+,21-,22-,23?,26?,27?,28?,30?,32?/m1/s1. The Kier molecular flexibility index (Phi) is 11.1. The summed E-state index contributed by atoms with van der Waals surface area (Å²) in [6.45, 7) is 17.9. The Labute approximate surface area is 253 Å². The lowest BCUT2D eigenvalue weighted by Crippen LogP contribution is -2.60. The molecule has 0 radical (unpaired) electrons. The van der Waals surface area contributed by atoms with E-state index >= 15 is 0 Å². The summed E-state index contributed by atoms with van der Waals surface area (Å²) in [5, 5.41) is 3.49. The van der Waals surface area contributed by atoms with Crippen molar-refractivity contribution in [3.63, 3.8) is 0 Å². The van der Waals surface area contributed by atoms with Gasteiger partial charge < -0.3 is 23.8 Å². The van der Waals surface area contributed by atoms with Crippen LogP contribution in [0.5, 0.6) is 0 Å². The van der Waals surface area contributed by atoms with Gasteiger partial charge in [-0.25, -0.2) is 0 Å². The lowest BCUT2D eigenvalue weighted by atomic mass is 9.69. The Morgan fingerprint density at radius 3 is 2.17 bits per heavy atom. The number of cyclic esters (lactones) is 1. The van der Waals surface area contributed by atoms with E-state index in [1.54, 1.807) is 14.0 Å². The van der Waals surface area contributed by atoms with Crippen LogP contribution in [0.2, 0.25) is 0 Å². The first-order chi connectivity index (χ1) is 19.4. The van der Waals surface area contributed by atoms with Crippen molar-refractivity contribution < 1.29 is 33.3 Å². The molecule has 242 valence electrons. The predicted molar refractivity (Wildman–Crippen MR) is 161 cm³/mol. The van der Waals surface area contributed by atoms with E-state index in [2.05, 4.69) is 15.1 Å². The van der Waals surface area contributed by atoms with Crippen LogP contribution in [0.25, 0.3) is 0 Å². The molecule has 0 saturated carbocycles. The molecule has 0 amide bonds. The molecule has 42 heavy (non-hydrogen) atoms. The van der Waals surface area contributed by atoms with Crippen LogP contribution in [0.3, 0.4) is 0 Å². The second kappa shape index (κ2) is 13.3. The molecule has 10 nitrogen and oxygen atoms in total. The Morgan fingerprint density at radius 1 is 0.976 bits per heavy atom. The van der Waals surface area contributed by atoms with Crippen LogP contribution < -0.4 is 5.32 Å². The molecule has 3 aliphatic heterocycles. The molecule has 8 unspecified atom stereocenters. The SMILES string of the molecule is COC1C(OC2[C@@H](C)C(=O)[C@@H](C)C(=O)O[C@H](C)C3(C)NCN(C)C3C(C)C(=O)C(C)CC2(C)C)O[C@H](C)CC1N(C)C. The van der Waals surface area contributed by atoms with Crippen LogP contribution in [0, 0.1) is 29.1 Å². The second-order valence-electron chi connectivity index (χ2n) is 14.4. The Morgan fingerprint density at radius 2 is 1.60 bits per heavy atom. The van der Waals surface area contributed by atoms with E-state index in [1.807, 2.05) is 76.5 Å². The average Bonchev–Trinajstić information content (AvgIpc) is 3.22. The predicted octanol–water partition coefficient (Wildman–Crippen LogP) is 3.12. The summed E-state index contributed by atoms with van der Waals surface area (Å²) in [7, 11) is 7.64. The van der Waals surface area contributed by atoms with Crippen LogP contribution in [-0.4, -0.2) is 111 Å². The molecule has 0 aromatic heterocycles. The quantitative estimate of drug-likeness (QED) is 0.385. The summed E-state index contributed by atoms with van der Waals surface area (Å²) in [5.74, 6) is -2.95. The van der Waals surface area contributed by atoms with Crippen molar-refractivity contribution in [3.05, 3.63) is 0 Å². The van der Waals surface area contributed by atoms with Crippen molar-refractivity contribution in [2.75, 3.05) is 34.9 Å². The van der Waals surface area contributed by atoms with E-state index in [0.717, 1.165) is 6.42 Å². The van der Waals surface area contributed by atoms with Crippen molar-refractivity contribution in [2.45, 2.75) is 123 Å². The Bertz CT molecular complexity index is 989. The Balaban J connectivity index is 2.05. The second-order valence-corrected chi connectivity index (χ2v) is 14.4. The minimum absolute atomic E-state index is 0.0550. The number of Topliss-reactive ketones (excluding diaryl/α,β-unsaturated/α-hetero) is 2. The number of carbonyl (C=O) groups is 3. The molecule has 0 aromatic rings. The monoisotopic (exact) mass is 595 g/mol. The van der Waals surface area contributed by atoms with E-state index in [4.69, 9.17) is 18.9 Å². The van der Waals surface area contributed by atoms with E-state index < -0.39 is 47.3 Å². The van der Waals surface area contributed by atoms with Gasteiger partial charge in [0.2, 0.25) is 0 Å². The zero-order chi connectivity index (χ0) is 31.9. The van der Waals surface area contributed by atoms with Crippen molar-refractivity contribution in [1.82, 2.24) is 15.1 Å². The molecule has 3 aliphatic rings. The molecule has 1 N–H and O–H groups in total. The minimum Gasteiger partial charge on any atom is -0.460 e. The number of rotatable bonds is 4. The fourth-order valence-electron chi connectivity index (χ4n) is 7.93. The van der Waals surface area contributed by atoms with Crippen LogP contribution in [0.15, 0.2) is 0 Å². The zero-order valence-electron chi connectivity index (χ0n) is 28.2. The highest BCUT2D eigenvalue weighted by molar-refractivity contribution is 6.00. The smallest absolute Gasteiger partial charge is 0.316 e. The number of methoxy groups -OCH3 is 1. The van der Waals surface area contributed by atoms with Crippen molar-refractivity contribution in [3.8, 4) is 0 Å². The summed E-state index contributed by atoms with van der Waals surface area (Å²) in [4.78, 5) is 45.7. The maximum atomic E-state index is 14.0.